The maximum Gasteiger partial charge on any atom is 0.257 e. The van der Waals surface area contributed by atoms with Crippen molar-refractivity contribution in [2.75, 3.05) is 11.9 Å². The van der Waals surface area contributed by atoms with Crippen LogP contribution in [0.5, 0.6) is 0 Å². The number of halogens is 1. The summed E-state index contributed by atoms with van der Waals surface area (Å²) in [5, 5.41) is 8.92. The minimum Gasteiger partial charge on any atom is -0.309 e. The van der Waals surface area contributed by atoms with Crippen LogP contribution in [-0.2, 0) is 0 Å². The molecule has 0 radical (unpaired) electrons. The van der Waals surface area contributed by atoms with Gasteiger partial charge in [-0.3, -0.25) is 10.1 Å². The van der Waals surface area contributed by atoms with Gasteiger partial charge in [0.1, 0.15) is 0 Å². The van der Waals surface area contributed by atoms with Crippen LogP contribution in [0.1, 0.15) is 34.9 Å². The molecule has 2 heterocycles. The lowest BCUT2D eigenvalue weighted by Gasteiger charge is -2.05. The van der Waals surface area contributed by atoms with Crippen LogP contribution in [0.15, 0.2) is 34.1 Å². The Balaban J connectivity index is 1.68. The largest absolute Gasteiger partial charge is 0.309 e. The lowest BCUT2D eigenvalue weighted by Crippen LogP contribution is -2.14. The summed E-state index contributed by atoms with van der Waals surface area (Å²) < 4.78 is 0.956. The molecule has 1 amide bonds. The average Bonchev–Trinajstić information content (AvgIpc) is 3.09. The number of thiazole rings is 1. The van der Waals surface area contributed by atoms with Crippen LogP contribution in [0.4, 0.5) is 5.13 Å². The van der Waals surface area contributed by atoms with Crippen molar-refractivity contribution in [1.29, 1.82) is 0 Å². The molecule has 6 heteroatoms. The summed E-state index contributed by atoms with van der Waals surface area (Å²) in [6.45, 7) is 1.04. The van der Waals surface area contributed by atoms with Gasteiger partial charge in [0.05, 0.1) is 11.7 Å². The number of hydrogen-bond donors (Lipinski definition) is 2. The van der Waals surface area contributed by atoms with E-state index in [1.165, 1.54) is 17.8 Å². The van der Waals surface area contributed by atoms with E-state index >= 15 is 0 Å². The zero-order valence-corrected chi connectivity index (χ0v) is 13.1. The van der Waals surface area contributed by atoms with Crippen molar-refractivity contribution in [3.63, 3.8) is 0 Å². The van der Waals surface area contributed by atoms with E-state index in [0.29, 0.717) is 16.7 Å². The number of carbonyl (C=O) groups is 1. The van der Waals surface area contributed by atoms with Gasteiger partial charge in [0.2, 0.25) is 0 Å². The van der Waals surface area contributed by atoms with Crippen LogP contribution in [0, 0.1) is 0 Å². The Morgan fingerprint density at radius 3 is 2.90 bits per heavy atom. The molecule has 1 fully saturated rings. The van der Waals surface area contributed by atoms with Crippen LogP contribution in [0.2, 0.25) is 0 Å². The monoisotopic (exact) mass is 351 g/mol. The fourth-order valence-corrected chi connectivity index (χ4v) is 3.23. The van der Waals surface area contributed by atoms with Gasteiger partial charge in [-0.15, -0.1) is 11.3 Å². The number of hydrogen-bond acceptors (Lipinski definition) is 4. The molecule has 1 aromatic carbocycles. The Bertz CT molecular complexity index is 605. The van der Waals surface area contributed by atoms with E-state index in [0.717, 1.165) is 23.1 Å². The van der Waals surface area contributed by atoms with Crippen molar-refractivity contribution in [1.82, 2.24) is 10.3 Å². The van der Waals surface area contributed by atoms with Gasteiger partial charge >= 0.3 is 0 Å². The van der Waals surface area contributed by atoms with E-state index in [9.17, 15) is 4.79 Å². The second-order valence-corrected chi connectivity index (χ2v) is 6.46. The summed E-state index contributed by atoms with van der Waals surface area (Å²) >= 11 is 4.82. The van der Waals surface area contributed by atoms with Crippen molar-refractivity contribution in [2.24, 2.45) is 0 Å². The van der Waals surface area contributed by atoms with Crippen molar-refractivity contribution in [3.05, 3.63) is 45.4 Å². The average molecular weight is 352 g/mol. The van der Waals surface area contributed by atoms with Gasteiger partial charge in [0, 0.05) is 15.4 Å². The van der Waals surface area contributed by atoms with Crippen molar-refractivity contribution in [2.45, 2.75) is 18.9 Å². The molecule has 2 N–H and O–H groups in total. The third-order valence-corrected chi connectivity index (χ3v) is 4.57. The molecule has 1 saturated heterocycles. The summed E-state index contributed by atoms with van der Waals surface area (Å²) in [4.78, 5) is 16.6. The Morgan fingerprint density at radius 1 is 1.40 bits per heavy atom. The van der Waals surface area contributed by atoms with Crippen LogP contribution >= 0.6 is 27.3 Å². The summed E-state index contributed by atoms with van der Waals surface area (Å²) in [6, 6.07) is 7.61. The Kier molecular flexibility index (Phi) is 4.14. The number of nitrogens with one attached hydrogen (secondary N) is 2. The normalized spacial score (nSPS) is 18.1. The number of benzene rings is 1. The SMILES string of the molecule is O=C(Nc1nc(C2CCCN2)cs1)c1ccc(Br)cc1. The molecular formula is C14H14BrN3OS. The minimum atomic E-state index is -0.127. The van der Waals surface area contributed by atoms with Gasteiger partial charge in [-0.05, 0) is 43.7 Å². The summed E-state index contributed by atoms with van der Waals surface area (Å²) in [7, 11) is 0. The molecule has 1 unspecified atom stereocenters. The fourth-order valence-electron chi connectivity index (χ4n) is 2.21. The lowest BCUT2D eigenvalue weighted by molar-refractivity contribution is 0.102. The third kappa shape index (κ3) is 3.08. The topological polar surface area (TPSA) is 54.0 Å². The number of amides is 1. The summed E-state index contributed by atoms with van der Waals surface area (Å²) in [6.07, 6.45) is 2.30. The fraction of sp³-hybridized carbons (Fsp3) is 0.286. The highest BCUT2D eigenvalue weighted by molar-refractivity contribution is 9.10. The number of nitrogens with zero attached hydrogens (tertiary/aromatic N) is 1. The first kappa shape index (κ1) is 13.7. The van der Waals surface area contributed by atoms with E-state index in [1.807, 2.05) is 17.5 Å². The summed E-state index contributed by atoms with van der Waals surface area (Å²) in [5.74, 6) is -0.127. The van der Waals surface area contributed by atoms with Gasteiger partial charge in [-0.1, -0.05) is 15.9 Å². The molecule has 3 rings (SSSR count). The molecule has 0 bridgehead atoms. The van der Waals surface area contributed by atoms with Gasteiger partial charge in [0.25, 0.3) is 5.91 Å². The van der Waals surface area contributed by atoms with Gasteiger partial charge in [-0.25, -0.2) is 4.98 Å². The number of anilines is 1. The van der Waals surface area contributed by atoms with Crippen molar-refractivity contribution in [3.8, 4) is 0 Å². The number of rotatable bonds is 3. The first-order valence-electron chi connectivity index (χ1n) is 6.48. The molecule has 2 aromatic rings. The highest BCUT2D eigenvalue weighted by Crippen LogP contribution is 2.26. The van der Waals surface area contributed by atoms with Crippen LogP contribution in [-0.4, -0.2) is 17.4 Å². The smallest absolute Gasteiger partial charge is 0.257 e. The van der Waals surface area contributed by atoms with Crippen LogP contribution < -0.4 is 10.6 Å². The molecule has 1 aliphatic heterocycles. The molecule has 0 aliphatic carbocycles. The van der Waals surface area contributed by atoms with E-state index in [1.54, 1.807) is 12.1 Å². The molecule has 104 valence electrons. The predicted octanol–water partition coefficient (Wildman–Crippen LogP) is 3.58. The molecule has 1 aromatic heterocycles. The Labute approximate surface area is 129 Å². The van der Waals surface area contributed by atoms with Crippen molar-refractivity contribution < 1.29 is 4.79 Å². The first-order chi connectivity index (χ1) is 9.72. The van der Waals surface area contributed by atoms with Gasteiger partial charge < -0.3 is 5.32 Å². The van der Waals surface area contributed by atoms with Crippen molar-refractivity contribution >= 4 is 38.3 Å². The predicted molar refractivity (Wildman–Crippen MR) is 84.2 cm³/mol. The maximum absolute atomic E-state index is 12.1. The van der Waals surface area contributed by atoms with E-state index in [-0.39, 0.29) is 5.91 Å². The third-order valence-electron chi connectivity index (χ3n) is 3.27. The zero-order chi connectivity index (χ0) is 13.9. The zero-order valence-electron chi connectivity index (χ0n) is 10.7. The Hall–Kier alpha value is -1.24. The molecule has 1 atom stereocenters. The van der Waals surface area contributed by atoms with E-state index in [4.69, 9.17) is 0 Å². The highest BCUT2D eigenvalue weighted by Gasteiger charge is 2.19. The lowest BCUT2D eigenvalue weighted by atomic mass is 10.2. The maximum atomic E-state index is 12.1. The van der Waals surface area contributed by atoms with Gasteiger partial charge in [0.15, 0.2) is 5.13 Å². The second kappa shape index (κ2) is 6.03. The highest BCUT2D eigenvalue weighted by atomic mass is 79.9. The Morgan fingerprint density at radius 2 is 2.20 bits per heavy atom. The molecule has 1 aliphatic rings. The van der Waals surface area contributed by atoms with Gasteiger partial charge in [-0.2, -0.15) is 0 Å². The van der Waals surface area contributed by atoms with E-state index in [2.05, 4.69) is 31.5 Å². The number of aromatic nitrogens is 1. The molecule has 0 saturated carbocycles. The quantitative estimate of drug-likeness (QED) is 0.888. The number of carbonyl (C=O) groups excluding carboxylic acids is 1. The molecule has 4 nitrogen and oxygen atoms in total. The second-order valence-electron chi connectivity index (χ2n) is 4.69. The summed E-state index contributed by atoms with van der Waals surface area (Å²) in [5.41, 5.74) is 1.66. The van der Waals surface area contributed by atoms with Crippen LogP contribution in [0.25, 0.3) is 0 Å². The molecular weight excluding hydrogens is 338 g/mol. The molecule has 0 spiro atoms. The minimum absolute atomic E-state index is 0.127. The first-order valence-corrected chi connectivity index (χ1v) is 8.15. The molecule has 20 heavy (non-hydrogen) atoms. The van der Waals surface area contributed by atoms with E-state index < -0.39 is 0 Å². The van der Waals surface area contributed by atoms with Crippen LogP contribution in [0.3, 0.4) is 0 Å². The standard InChI is InChI=1S/C14H14BrN3OS/c15-10-5-3-9(4-6-10)13(19)18-14-17-12(8-20-14)11-2-1-7-16-11/h3-6,8,11,16H,1-2,7H2,(H,17,18,19).